The molecule has 2 aliphatic heterocycles. The van der Waals surface area contributed by atoms with E-state index in [0.717, 1.165) is 31.7 Å². The number of fused-ring (bicyclic) bond motifs is 1. The molecule has 0 spiro atoms. The number of aromatic nitrogens is 3. The molecule has 0 amide bonds. The molecule has 6 heteroatoms. The quantitative estimate of drug-likeness (QED) is 0.798. The first-order valence-corrected chi connectivity index (χ1v) is 7.91. The highest BCUT2D eigenvalue weighted by Gasteiger charge is 2.17. The van der Waals surface area contributed by atoms with Crippen molar-refractivity contribution in [2.45, 2.75) is 19.1 Å². The average Bonchev–Trinajstić information content (AvgIpc) is 3.10. The molecule has 2 aliphatic rings. The largest absolute Gasteiger partial charge is 0.368 e. The van der Waals surface area contributed by atoms with Crippen molar-refractivity contribution < 1.29 is 0 Å². The van der Waals surface area contributed by atoms with Gasteiger partial charge in [-0.25, -0.2) is 9.67 Å². The van der Waals surface area contributed by atoms with Crippen LogP contribution in [0.25, 0.3) is 0 Å². The van der Waals surface area contributed by atoms with Crippen molar-refractivity contribution in [2.75, 3.05) is 18.4 Å². The number of nitrogens with zero attached hydrogens (tertiary/aromatic N) is 3. The molecule has 3 heterocycles. The molecule has 0 radical (unpaired) electrons. The minimum Gasteiger partial charge on any atom is -0.368 e. The zero-order valence-electron chi connectivity index (χ0n) is 12.9. The first kappa shape index (κ1) is 14.0. The van der Waals surface area contributed by atoms with Gasteiger partial charge >= 0.3 is 0 Å². The number of benzene rings is 1. The van der Waals surface area contributed by atoms with Gasteiger partial charge in [-0.05, 0) is 47.9 Å². The smallest absolute Gasteiger partial charge is 0.137 e. The van der Waals surface area contributed by atoms with Gasteiger partial charge in [-0.3, -0.25) is 0 Å². The van der Waals surface area contributed by atoms with Gasteiger partial charge < -0.3 is 16.0 Å². The molecule has 1 aromatic heterocycles. The average molecular weight is 308 g/mol. The van der Waals surface area contributed by atoms with E-state index in [1.165, 1.54) is 16.7 Å². The van der Waals surface area contributed by atoms with Crippen LogP contribution < -0.4 is 16.0 Å². The summed E-state index contributed by atoms with van der Waals surface area (Å²) in [5, 5.41) is 14.5. The molecule has 2 aromatic rings. The van der Waals surface area contributed by atoms with E-state index in [4.69, 9.17) is 0 Å². The van der Waals surface area contributed by atoms with Crippen LogP contribution in [-0.2, 0) is 6.54 Å². The molecule has 1 fully saturated rings. The SMILES string of the molecule is C1=C2CCNCC2=CC(Nc2ccc(Cn3cncn3)cc2)N1. The van der Waals surface area contributed by atoms with Gasteiger partial charge in [0.05, 0.1) is 6.54 Å². The van der Waals surface area contributed by atoms with Gasteiger partial charge in [0, 0.05) is 18.4 Å². The third kappa shape index (κ3) is 3.27. The molecule has 118 valence electrons. The fraction of sp³-hybridized carbons (Fsp3) is 0.294. The monoisotopic (exact) mass is 308 g/mol. The molecule has 1 unspecified atom stereocenters. The van der Waals surface area contributed by atoms with Crippen LogP contribution in [0.1, 0.15) is 12.0 Å². The molecular weight excluding hydrogens is 288 g/mol. The standard InChI is InChI=1S/C17H20N6/c1-3-16(4-2-13(1)10-23-12-19-11-21-23)22-17-7-15-8-18-6-5-14(15)9-20-17/h1-4,7,9,11-12,17-18,20,22H,5-6,8,10H2. The van der Waals surface area contributed by atoms with E-state index in [0.29, 0.717) is 0 Å². The molecular formula is C17H20N6. The first-order valence-electron chi connectivity index (χ1n) is 7.91. The van der Waals surface area contributed by atoms with Crippen molar-refractivity contribution >= 4 is 5.69 Å². The maximum atomic E-state index is 4.13. The van der Waals surface area contributed by atoms with Crippen molar-refractivity contribution in [1.82, 2.24) is 25.4 Å². The van der Waals surface area contributed by atoms with Gasteiger partial charge in [0.15, 0.2) is 0 Å². The van der Waals surface area contributed by atoms with Crippen molar-refractivity contribution in [3.8, 4) is 0 Å². The molecule has 4 rings (SSSR count). The first-order chi connectivity index (χ1) is 11.4. The highest BCUT2D eigenvalue weighted by Crippen LogP contribution is 2.21. The van der Waals surface area contributed by atoms with Crippen LogP contribution in [0.2, 0.25) is 0 Å². The Bertz CT molecular complexity index is 714. The summed E-state index contributed by atoms with van der Waals surface area (Å²) in [5.74, 6) is 0. The fourth-order valence-corrected chi connectivity index (χ4v) is 2.96. The fourth-order valence-electron chi connectivity index (χ4n) is 2.96. The minimum absolute atomic E-state index is 0.134. The highest BCUT2D eigenvalue weighted by molar-refractivity contribution is 5.48. The van der Waals surface area contributed by atoms with E-state index in [1.807, 2.05) is 4.68 Å². The molecule has 1 saturated heterocycles. The van der Waals surface area contributed by atoms with Gasteiger partial charge in [-0.15, -0.1) is 0 Å². The number of rotatable bonds is 4. The molecule has 0 bridgehead atoms. The van der Waals surface area contributed by atoms with E-state index in [-0.39, 0.29) is 6.17 Å². The summed E-state index contributed by atoms with van der Waals surface area (Å²) in [5.41, 5.74) is 5.12. The summed E-state index contributed by atoms with van der Waals surface area (Å²) < 4.78 is 1.82. The lowest BCUT2D eigenvalue weighted by Crippen LogP contribution is -2.37. The normalized spacial score (nSPS) is 20.1. The van der Waals surface area contributed by atoms with Crippen molar-refractivity contribution in [2.24, 2.45) is 0 Å². The van der Waals surface area contributed by atoms with Gasteiger partial charge in [-0.1, -0.05) is 12.1 Å². The van der Waals surface area contributed by atoms with Crippen LogP contribution in [0.15, 0.2) is 60.3 Å². The van der Waals surface area contributed by atoms with Crippen molar-refractivity contribution in [3.05, 3.63) is 65.9 Å². The van der Waals surface area contributed by atoms with Gasteiger partial charge in [0.25, 0.3) is 0 Å². The highest BCUT2D eigenvalue weighted by atomic mass is 15.3. The number of dihydropyridines is 1. The second-order valence-electron chi connectivity index (χ2n) is 5.87. The predicted molar refractivity (Wildman–Crippen MR) is 89.8 cm³/mol. The summed E-state index contributed by atoms with van der Waals surface area (Å²) in [6.45, 7) is 2.77. The third-order valence-electron chi connectivity index (χ3n) is 4.19. The predicted octanol–water partition coefficient (Wildman–Crippen LogP) is 1.47. The lowest BCUT2D eigenvalue weighted by molar-refractivity contribution is 0.646. The zero-order valence-corrected chi connectivity index (χ0v) is 12.9. The maximum absolute atomic E-state index is 4.13. The second-order valence-corrected chi connectivity index (χ2v) is 5.87. The van der Waals surface area contributed by atoms with Crippen LogP contribution >= 0.6 is 0 Å². The van der Waals surface area contributed by atoms with E-state index in [2.05, 4.69) is 62.6 Å². The Morgan fingerprint density at radius 2 is 2.13 bits per heavy atom. The Hall–Kier alpha value is -2.60. The summed E-state index contributed by atoms with van der Waals surface area (Å²) in [4.78, 5) is 3.96. The van der Waals surface area contributed by atoms with E-state index in [1.54, 1.807) is 12.7 Å². The molecule has 0 saturated carbocycles. The third-order valence-corrected chi connectivity index (χ3v) is 4.19. The molecule has 3 N–H and O–H groups in total. The van der Waals surface area contributed by atoms with E-state index < -0.39 is 0 Å². The number of hydrogen-bond acceptors (Lipinski definition) is 5. The Kier molecular flexibility index (Phi) is 3.81. The Labute approximate surface area is 135 Å². The Morgan fingerprint density at radius 3 is 2.96 bits per heavy atom. The summed E-state index contributed by atoms with van der Waals surface area (Å²) in [6.07, 6.45) is 8.93. The summed E-state index contributed by atoms with van der Waals surface area (Å²) >= 11 is 0. The van der Waals surface area contributed by atoms with E-state index >= 15 is 0 Å². The molecule has 6 nitrogen and oxygen atoms in total. The zero-order chi connectivity index (χ0) is 15.5. The lowest BCUT2D eigenvalue weighted by atomic mass is 9.97. The summed E-state index contributed by atoms with van der Waals surface area (Å²) in [6, 6.07) is 8.43. The number of piperidine rings is 1. The van der Waals surface area contributed by atoms with Crippen LogP contribution in [0.3, 0.4) is 0 Å². The summed E-state index contributed by atoms with van der Waals surface area (Å²) in [7, 11) is 0. The molecule has 1 aromatic carbocycles. The van der Waals surface area contributed by atoms with Crippen molar-refractivity contribution in [1.29, 1.82) is 0 Å². The Balaban J connectivity index is 1.39. The minimum atomic E-state index is 0.134. The van der Waals surface area contributed by atoms with Gasteiger partial charge in [0.2, 0.25) is 0 Å². The van der Waals surface area contributed by atoms with Gasteiger partial charge in [-0.2, -0.15) is 5.10 Å². The van der Waals surface area contributed by atoms with Crippen LogP contribution in [-0.4, -0.2) is 34.0 Å². The van der Waals surface area contributed by atoms with E-state index in [9.17, 15) is 0 Å². The Morgan fingerprint density at radius 1 is 1.22 bits per heavy atom. The lowest BCUT2D eigenvalue weighted by Gasteiger charge is -2.28. The van der Waals surface area contributed by atoms with Gasteiger partial charge in [0.1, 0.15) is 18.8 Å². The van der Waals surface area contributed by atoms with Crippen LogP contribution in [0.4, 0.5) is 5.69 Å². The molecule has 1 atom stereocenters. The second kappa shape index (κ2) is 6.26. The maximum Gasteiger partial charge on any atom is 0.137 e. The van der Waals surface area contributed by atoms with Crippen LogP contribution in [0.5, 0.6) is 0 Å². The van der Waals surface area contributed by atoms with Crippen molar-refractivity contribution in [3.63, 3.8) is 0 Å². The number of nitrogens with one attached hydrogen (secondary N) is 3. The topological polar surface area (TPSA) is 66.8 Å². The molecule has 0 aliphatic carbocycles. The number of hydrogen-bond donors (Lipinski definition) is 3. The van der Waals surface area contributed by atoms with Crippen LogP contribution in [0, 0.1) is 0 Å². The number of anilines is 1. The molecule has 23 heavy (non-hydrogen) atoms.